The number of halogens is 2. The molecule has 1 amide bonds. The van der Waals surface area contributed by atoms with Gasteiger partial charge in [-0.3, -0.25) is 9.78 Å². The normalized spacial score (nSPS) is 16.1. The molecule has 0 radical (unpaired) electrons. The van der Waals surface area contributed by atoms with Crippen molar-refractivity contribution in [2.75, 3.05) is 25.0 Å². The second-order valence-electron chi connectivity index (χ2n) is 7.35. The summed E-state index contributed by atoms with van der Waals surface area (Å²) in [6.45, 7) is 0.841. The summed E-state index contributed by atoms with van der Waals surface area (Å²) in [4.78, 5) is 23.0. The first-order valence-corrected chi connectivity index (χ1v) is 10.1. The van der Waals surface area contributed by atoms with Gasteiger partial charge >= 0.3 is 0 Å². The number of nitrogens with one attached hydrogen (secondary N) is 1. The molecule has 1 aliphatic rings. The first-order chi connectivity index (χ1) is 15.1. The Bertz CT molecular complexity index is 1030. The van der Waals surface area contributed by atoms with E-state index in [0.29, 0.717) is 13.1 Å². The van der Waals surface area contributed by atoms with Crippen molar-refractivity contribution >= 4 is 17.4 Å². The topological polar surface area (TPSA) is 67.3 Å². The minimum atomic E-state index is -0.826. The maximum absolute atomic E-state index is 13.7. The van der Waals surface area contributed by atoms with E-state index >= 15 is 0 Å². The summed E-state index contributed by atoms with van der Waals surface area (Å²) in [6, 6.07) is 12.5. The zero-order valence-electron chi connectivity index (χ0n) is 16.8. The molecule has 1 saturated heterocycles. The summed E-state index contributed by atoms with van der Waals surface area (Å²) in [7, 11) is 0. The van der Waals surface area contributed by atoms with Crippen molar-refractivity contribution in [3.63, 3.8) is 0 Å². The third-order valence-electron chi connectivity index (χ3n) is 5.16. The Labute approximate surface area is 178 Å². The number of carbonyl (C=O) groups is 1. The summed E-state index contributed by atoms with van der Waals surface area (Å²) in [5, 5.41) is 3.19. The molecule has 1 aliphatic heterocycles. The van der Waals surface area contributed by atoms with Gasteiger partial charge in [-0.2, -0.15) is 0 Å². The standard InChI is InChI=1S/C23H22F2N4O2/c24-17-6-9-21(19(25)12-17)31-15-23(30)29-11-3-4-16(14-29)20-8-7-18(13-27-20)28-22-5-1-2-10-26-22/h1-2,5-10,12-13,16H,3-4,11,14-15H2,(H,26,28). The highest BCUT2D eigenvalue weighted by molar-refractivity contribution is 5.78. The van der Waals surface area contributed by atoms with Gasteiger partial charge in [-0.15, -0.1) is 0 Å². The first kappa shape index (κ1) is 20.7. The van der Waals surface area contributed by atoms with Crippen LogP contribution < -0.4 is 10.1 Å². The van der Waals surface area contributed by atoms with Gasteiger partial charge in [0.05, 0.1) is 11.9 Å². The van der Waals surface area contributed by atoms with Crippen molar-refractivity contribution in [3.05, 3.63) is 78.3 Å². The molecule has 2 aromatic heterocycles. The number of hydrogen-bond donors (Lipinski definition) is 1. The van der Waals surface area contributed by atoms with Gasteiger partial charge in [-0.1, -0.05) is 6.07 Å². The van der Waals surface area contributed by atoms with Gasteiger partial charge in [0.2, 0.25) is 0 Å². The molecule has 0 bridgehead atoms. The Morgan fingerprint density at radius 2 is 2.06 bits per heavy atom. The summed E-state index contributed by atoms with van der Waals surface area (Å²) < 4.78 is 31.9. The highest BCUT2D eigenvalue weighted by atomic mass is 19.1. The van der Waals surface area contributed by atoms with Crippen LogP contribution in [0.15, 0.2) is 60.9 Å². The van der Waals surface area contributed by atoms with Crippen LogP contribution in [0.25, 0.3) is 0 Å². The largest absolute Gasteiger partial charge is 0.481 e. The van der Waals surface area contributed by atoms with E-state index in [2.05, 4.69) is 15.3 Å². The Morgan fingerprint density at radius 3 is 2.81 bits per heavy atom. The van der Waals surface area contributed by atoms with Crippen molar-refractivity contribution in [3.8, 4) is 5.75 Å². The average Bonchev–Trinajstić information content (AvgIpc) is 2.79. The minimum Gasteiger partial charge on any atom is -0.481 e. The quantitative estimate of drug-likeness (QED) is 0.640. The van der Waals surface area contributed by atoms with Crippen LogP contribution >= 0.6 is 0 Å². The number of amides is 1. The van der Waals surface area contributed by atoms with Crippen molar-refractivity contribution in [1.82, 2.24) is 14.9 Å². The predicted molar refractivity (Wildman–Crippen MR) is 112 cm³/mol. The summed E-state index contributed by atoms with van der Waals surface area (Å²) in [5.41, 5.74) is 1.75. The number of ether oxygens (including phenoxy) is 1. The van der Waals surface area contributed by atoms with E-state index < -0.39 is 11.6 Å². The van der Waals surface area contributed by atoms with E-state index in [9.17, 15) is 13.6 Å². The Kier molecular flexibility index (Phi) is 6.35. The lowest BCUT2D eigenvalue weighted by Gasteiger charge is -2.32. The highest BCUT2D eigenvalue weighted by Gasteiger charge is 2.26. The molecule has 1 aromatic carbocycles. The lowest BCUT2D eigenvalue weighted by Crippen LogP contribution is -2.41. The molecule has 1 N–H and O–H groups in total. The lowest BCUT2D eigenvalue weighted by atomic mass is 9.94. The molecule has 4 rings (SSSR count). The van der Waals surface area contributed by atoms with E-state index in [1.807, 2.05) is 30.3 Å². The maximum atomic E-state index is 13.7. The van der Waals surface area contributed by atoms with E-state index in [-0.39, 0.29) is 24.2 Å². The molecular weight excluding hydrogens is 402 g/mol. The molecule has 8 heteroatoms. The molecule has 0 spiro atoms. The van der Waals surface area contributed by atoms with E-state index in [4.69, 9.17) is 4.74 Å². The van der Waals surface area contributed by atoms with Crippen LogP contribution in [-0.4, -0.2) is 40.5 Å². The first-order valence-electron chi connectivity index (χ1n) is 10.1. The number of nitrogens with zero attached hydrogens (tertiary/aromatic N) is 3. The number of rotatable bonds is 6. The molecule has 1 fully saturated rings. The highest BCUT2D eigenvalue weighted by Crippen LogP contribution is 2.27. The van der Waals surface area contributed by atoms with Crippen molar-refractivity contribution in [2.24, 2.45) is 0 Å². The number of hydrogen-bond acceptors (Lipinski definition) is 5. The van der Waals surface area contributed by atoms with Crippen LogP contribution in [0.2, 0.25) is 0 Å². The van der Waals surface area contributed by atoms with Gasteiger partial charge in [0.15, 0.2) is 18.2 Å². The number of likely N-dealkylation sites (tertiary alicyclic amines) is 1. The van der Waals surface area contributed by atoms with Crippen molar-refractivity contribution in [1.29, 1.82) is 0 Å². The number of aromatic nitrogens is 2. The Morgan fingerprint density at radius 1 is 1.16 bits per heavy atom. The molecule has 0 saturated carbocycles. The van der Waals surface area contributed by atoms with Crippen molar-refractivity contribution in [2.45, 2.75) is 18.8 Å². The SMILES string of the molecule is O=C(COc1ccc(F)cc1F)N1CCCC(c2ccc(Nc3ccccn3)cn2)C1. The van der Waals surface area contributed by atoms with Gasteiger partial charge in [-0.05, 0) is 49.2 Å². The summed E-state index contributed by atoms with van der Waals surface area (Å²) in [5.74, 6) is -1.03. The van der Waals surface area contributed by atoms with Gasteiger partial charge in [0.25, 0.3) is 5.91 Å². The third kappa shape index (κ3) is 5.33. The number of benzene rings is 1. The van der Waals surface area contributed by atoms with Crippen LogP contribution in [0.5, 0.6) is 5.75 Å². The number of carbonyl (C=O) groups excluding carboxylic acids is 1. The number of pyridine rings is 2. The molecule has 1 atom stereocenters. The van der Waals surface area contributed by atoms with Crippen molar-refractivity contribution < 1.29 is 18.3 Å². The number of piperidine rings is 1. The van der Waals surface area contributed by atoms with E-state index in [0.717, 1.165) is 42.2 Å². The fourth-order valence-corrected chi connectivity index (χ4v) is 3.57. The van der Waals surface area contributed by atoms with Gasteiger partial charge in [0.1, 0.15) is 11.6 Å². The second kappa shape index (κ2) is 9.51. The van der Waals surface area contributed by atoms with Gasteiger partial charge < -0.3 is 15.0 Å². The molecule has 3 heterocycles. The average molecular weight is 424 g/mol. The molecule has 3 aromatic rings. The zero-order valence-corrected chi connectivity index (χ0v) is 16.8. The van der Waals surface area contributed by atoms with Crippen LogP contribution in [0.1, 0.15) is 24.5 Å². The van der Waals surface area contributed by atoms with Crippen LogP contribution in [0, 0.1) is 11.6 Å². The summed E-state index contributed by atoms with van der Waals surface area (Å²) in [6.07, 6.45) is 5.24. The maximum Gasteiger partial charge on any atom is 0.260 e. The fraction of sp³-hybridized carbons (Fsp3) is 0.261. The summed E-state index contributed by atoms with van der Waals surface area (Å²) >= 11 is 0. The van der Waals surface area contributed by atoms with Crippen LogP contribution in [0.3, 0.4) is 0 Å². The molecule has 1 unspecified atom stereocenters. The zero-order chi connectivity index (χ0) is 21.6. The Hall–Kier alpha value is -3.55. The smallest absolute Gasteiger partial charge is 0.260 e. The van der Waals surface area contributed by atoms with E-state index in [1.54, 1.807) is 17.3 Å². The van der Waals surface area contributed by atoms with Crippen LogP contribution in [0.4, 0.5) is 20.3 Å². The monoisotopic (exact) mass is 424 g/mol. The minimum absolute atomic E-state index is 0.115. The van der Waals surface area contributed by atoms with Gasteiger partial charge in [-0.25, -0.2) is 13.8 Å². The van der Waals surface area contributed by atoms with E-state index in [1.165, 1.54) is 6.07 Å². The van der Waals surface area contributed by atoms with Crippen LogP contribution in [-0.2, 0) is 4.79 Å². The fourth-order valence-electron chi connectivity index (χ4n) is 3.57. The van der Waals surface area contributed by atoms with Gasteiger partial charge in [0, 0.05) is 37.0 Å². The molecule has 160 valence electrons. The molecule has 31 heavy (non-hydrogen) atoms. The molecular formula is C23H22F2N4O2. The third-order valence-corrected chi connectivity index (χ3v) is 5.16. The predicted octanol–water partition coefficient (Wildman–Crippen LogP) is 4.28. The lowest BCUT2D eigenvalue weighted by molar-refractivity contribution is -0.134. The molecule has 6 nitrogen and oxygen atoms in total. The number of anilines is 2. The Balaban J connectivity index is 1.33. The second-order valence-corrected chi connectivity index (χ2v) is 7.35. The molecule has 0 aliphatic carbocycles.